The predicted octanol–water partition coefficient (Wildman–Crippen LogP) is 5.43. The summed E-state index contributed by atoms with van der Waals surface area (Å²) in [7, 11) is 0. The second-order valence-corrected chi connectivity index (χ2v) is 6.09. The number of hydrogen-bond donors (Lipinski definition) is 2. The molecule has 0 amide bonds. The van der Waals surface area contributed by atoms with E-state index in [-0.39, 0.29) is 0 Å². The van der Waals surface area contributed by atoms with E-state index in [1.54, 1.807) is 24.4 Å². The molecule has 0 atom stereocenters. The maximum absolute atomic E-state index is 7.98. The molecular weight excluding hydrogens is 330 g/mol. The zero-order valence-corrected chi connectivity index (χ0v) is 14.4. The molecule has 0 saturated carbocycles. The molecule has 0 fully saturated rings. The van der Waals surface area contributed by atoms with Gasteiger partial charge in [0, 0.05) is 23.1 Å². The monoisotopic (exact) mass is 347 g/mol. The van der Waals surface area contributed by atoms with Gasteiger partial charge in [0.2, 0.25) is 0 Å². The number of amidine groups is 1. The van der Waals surface area contributed by atoms with Crippen LogP contribution in [0.1, 0.15) is 16.7 Å². The summed E-state index contributed by atoms with van der Waals surface area (Å²) < 4.78 is 0. The number of rotatable bonds is 5. The molecule has 1 heterocycles. The second kappa shape index (κ2) is 8.27. The molecule has 0 aliphatic heterocycles. The van der Waals surface area contributed by atoms with Crippen molar-refractivity contribution < 1.29 is 0 Å². The lowest BCUT2D eigenvalue weighted by Crippen LogP contribution is -2.06. The first-order valence-corrected chi connectivity index (χ1v) is 8.34. The number of aromatic nitrogens is 1. The van der Waals surface area contributed by atoms with E-state index >= 15 is 0 Å². The fourth-order valence-electron chi connectivity index (χ4n) is 2.39. The van der Waals surface area contributed by atoms with Crippen molar-refractivity contribution in [2.24, 2.45) is 0 Å². The summed E-state index contributed by atoms with van der Waals surface area (Å²) in [6.07, 6.45) is 8.19. The van der Waals surface area contributed by atoms with Crippen LogP contribution < -0.4 is 5.32 Å². The van der Waals surface area contributed by atoms with Crippen molar-refractivity contribution in [3.8, 4) is 0 Å². The average molecular weight is 348 g/mol. The Labute approximate surface area is 152 Å². The molecule has 0 saturated heterocycles. The summed E-state index contributed by atoms with van der Waals surface area (Å²) in [5.74, 6) is 0.321. The van der Waals surface area contributed by atoms with Gasteiger partial charge < -0.3 is 5.32 Å². The van der Waals surface area contributed by atoms with E-state index in [2.05, 4.69) is 40.6 Å². The number of pyridine rings is 1. The van der Waals surface area contributed by atoms with Crippen LogP contribution in [0.25, 0.3) is 6.08 Å². The Balaban J connectivity index is 1.57. The molecule has 1 aromatic heterocycles. The van der Waals surface area contributed by atoms with E-state index < -0.39 is 0 Å². The Hall–Kier alpha value is -2.91. The van der Waals surface area contributed by atoms with Crippen LogP contribution in [-0.4, -0.2) is 10.8 Å². The lowest BCUT2D eigenvalue weighted by atomic mass is 10.0. The van der Waals surface area contributed by atoms with E-state index in [4.69, 9.17) is 17.0 Å². The highest BCUT2D eigenvalue weighted by Crippen LogP contribution is 2.14. The van der Waals surface area contributed by atoms with E-state index in [0.717, 1.165) is 17.7 Å². The Morgan fingerprint density at radius 3 is 2.44 bits per heavy atom. The highest BCUT2D eigenvalue weighted by Gasteiger charge is 1.97. The van der Waals surface area contributed by atoms with E-state index in [1.165, 1.54) is 11.1 Å². The van der Waals surface area contributed by atoms with Crippen molar-refractivity contribution in [3.05, 3.63) is 101 Å². The van der Waals surface area contributed by atoms with Gasteiger partial charge in [0.15, 0.2) is 0 Å². The molecule has 25 heavy (non-hydrogen) atoms. The Bertz CT molecular complexity index is 854. The van der Waals surface area contributed by atoms with Gasteiger partial charge in [-0.1, -0.05) is 48.0 Å². The Kier molecular flexibility index (Phi) is 5.60. The molecule has 0 radical (unpaired) electrons. The van der Waals surface area contributed by atoms with Crippen LogP contribution in [0.15, 0.2) is 79.1 Å². The third kappa shape index (κ3) is 5.30. The highest BCUT2D eigenvalue weighted by atomic mass is 35.5. The minimum Gasteiger partial charge on any atom is -0.341 e. The lowest BCUT2D eigenvalue weighted by molar-refractivity contribution is 1.14. The molecule has 3 nitrogen and oxygen atoms in total. The molecule has 3 aromatic rings. The number of benzene rings is 2. The first-order chi connectivity index (χ1) is 12.2. The summed E-state index contributed by atoms with van der Waals surface area (Å²) in [5, 5.41) is 11.7. The fourth-order valence-corrected chi connectivity index (χ4v) is 2.52. The smallest absolute Gasteiger partial charge is 0.122 e. The maximum atomic E-state index is 7.98. The zero-order chi connectivity index (χ0) is 17.5. The second-order valence-electron chi connectivity index (χ2n) is 5.66. The quantitative estimate of drug-likeness (QED) is 0.477. The predicted molar refractivity (Wildman–Crippen MR) is 105 cm³/mol. The van der Waals surface area contributed by atoms with Crippen LogP contribution in [0.2, 0.25) is 5.02 Å². The van der Waals surface area contributed by atoms with Gasteiger partial charge in [-0.3, -0.25) is 10.4 Å². The minimum absolute atomic E-state index is 0.321. The van der Waals surface area contributed by atoms with Gasteiger partial charge in [-0.25, -0.2) is 0 Å². The third-order valence-electron chi connectivity index (χ3n) is 3.68. The molecule has 0 unspecified atom stereocenters. The van der Waals surface area contributed by atoms with Crippen LogP contribution in [0.5, 0.6) is 0 Å². The molecule has 0 aliphatic rings. The summed E-state index contributed by atoms with van der Waals surface area (Å²) >= 11 is 5.85. The van der Waals surface area contributed by atoms with Crippen LogP contribution >= 0.6 is 11.6 Å². The van der Waals surface area contributed by atoms with Crippen molar-refractivity contribution in [2.75, 3.05) is 5.32 Å². The first kappa shape index (κ1) is 16.9. The SMILES string of the molecule is N=C(/C=C/c1ccc(Cc2cccnc2)cc1)Nc1ccc(Cl)cc1. The third-order valence-corrected chi connectivity index (χ3v) is 3.93. The van der Waals surface area contributed by atoms with Gasteiger partial charge in [-0.05, 0) is 59.5 Å². The van der Waals surface area contributed by atoms with Gasteiger partial charge in [-0.15, -0.1) is 0 Å². The summed E-state index contributed by atoms with van der Waals surface area (Å²) in [6, 6.07) is 19.6. The molecule has 3 rings (SSSR count). The van der Waals surface area contributed by atoms with Gasteiger partial charge >= 0.3 is 0 Å². The molecule has 2 N–H and O–H groups in total. The topological polar surface area (TPSA) is 48.8 Å². The van der Waals surface area contributed by atoms with Gasteiger partial charge in [0.05, 0.1) is 0 Å². The number of halogens is 1. The number of hydrogen-bond acceptors (Lipinski definition) is 2. The highest BCUT2D eigenvalue weighted by molar-refractivity contribution is 6.30. The molecular formula is C21H18ClN3. The minimum atomic E-state index is 0.321. The number of anilines is 1. The van der Waals surface area contributed by atoms with Crippen molar-refractivity contribution in [1.29, 1.82) is 5.41 Å². The largest absolute Gasteiger partial charge is 0.341 e. The Morgan fingerprint density at radius 1 is 1.00 bits per heavy atom. The van der Waals surface area contributed by atoms with Gasteiger partial charge in [0.25, 0.3) is 0 Å². The lowest BCUT2D eigenvalue weighted by Gasteiger charge is -2.04. The van der Waals surface area contributed by atoms with Crippen LogP contribution in [0.3, 0.4) is 0 Å². The summed E-state index contributed by atoms with van der Waals surface area (Å²) in [4.78, 5) is 4.14. The van der Waals surface area contributed by atoms with Crippen LogP contribution in [0, 0.1) is 5.41 Å². The van der Waals surface area contributed by atoms with Gasteiger partial charge in [0.1, 0.15) is 5.84 Å². The van der Waals surface area contributed by atoms with E-state index in [9.17, 15) is 0 Å². The first-order valence-electron chi connectivity index (χ1n) is 7.96. The average Bonchev–Trinajstić information content (AvgIpc) is 2.64. The number of nitrogens with zero attached hydrogens (tertiary/aromatic N) is 1. The zero-order valence-electron chi connectivity index (χ0n) is 13.6. The fraction of sp³-hybridized carbons (Fsp3) is 0.0476. The van der Waals surface area contributed by atoms with Crippen molar-refractivity contribution in [3.63, 3.8) is 0 Å². The molecule has 124 valence electrons. The molecule has 0 aliphatic carbocycles. The molecule has 0 bridgehead atoms. The number of nitrogens with one attached hydrogen (secondary N) is 2. The Morgan fingerprint density at radius 2 is 1.76 bits per heavy atom. The van der Waals surface area contributed by atoms with Crippen molar-refractivity contribution in [2.45, 2.75) is 6.42 Å². The normalized spacial score (nSPS) is 10.8. The summed E-state index contributed by atoms with van der Waals surface area (Å²) in [5.41, 5.74) is 4.32. The molecule has 4 heteroatoms. The van der Waals surface area contributed by atoms with E-state index in [0.29, 0.717) is 10.9 Å². The standard InChI is InChI=1S/C21H18ClN3/c22-19-8-10-20(11-9-19)25-21(23)12-7-16-3-5-17(6-4-16)14-18-2-1-13-24-15-18/h1-13,15H,14H2,(H2,23,25)/b12-7+. The summed E-state index contributed by atoms with van der Waals surface area (Å²) in [6.45, 7) is 0. The van der Waals surface area contributed by atoms with Crippen LogP contribution in [0.4, 0.5) is 5.69 Å². The van der Waals surface area contributed by atoms with Gasteiger partial charge in [-0.2, -0.15) is 0 Å². The van der Waals surface area contributed by atoms with E-state index in [1.807, 2.05) is 30.5 Å². The molecule has 2 aromatic carbocycles. The van der Waals surface area contributed by atoms with Crippen LogP contribution in [-0.2, 0) is 6.42 Å². The van der Waals surface area contributed by atoms with Crippen molar-refractivity contribution >= 4 is 29.2 Å². The molecule has 0 spiro atoms. The maximum Gasteiger partial charge on any atom is 0.122 e. The van der Waals surface area contributed by atoms with Crippen molar-refractivity contribution in [1.82, 2.24) is 4.98 Å².